The van der Waals surface area contributed by atoms with Gasteiger partial charge in [0.2, 0.25) is 5.90 Å². The van der Waals surface area contributed by atoms with E-state index in [-0.39, 0.29) is 11.8 Å². The second-order valence-corrected chi connectivity index (χ2v) is 3.98. The van der Waals surface area contributed by atoms with E-state index in [1.165, 1.54) is 0 Å². The van der Waals surface area contributed by atoms with Crippen LogP contribution in [0.2, 0.25) is 0 Å². The first-order valence-corrected chi connectivity index (χ1v) is 5.08. The van der Waals surface area contributed by atoms with Gasteiger partial charge in [0.25, 0.3) is 0 Å². The van der Waals surface area contributed by atoms with Gasteiger partial charge in [0, 0.05) is 32.3 Å². The molecule has 2 saturated heterocycles. The van der Waals surface area contributed by atoms with Gasteiger partial charge in [0.1, 0.15) is 0 Å². The summed E-state index contributed by atoms with van der Waals surface area (Å²) in [5.74, 6) is 5.37. The molecule has 2 fully saturated rings. The van der Waals surface area contributed by atoms with E-state index in [1.54, 1.807) is 0 Å². The Morgan fingerprint density at radius 2 is 2.00 bits per heavy atom. The van der Waals surface area contributed by atoms with Crippen molar-refractivity contribution >= 4 is 5.90 Å². The highest BCUT2D eigenvalue weighted by Crippen LogP contribution is 2.24. The number of hydrogen-bond acceptors (Lipinski definition) is 5. The molecule has 0 bridgehead atoms. The maximum atomic E-state index is 7.40. The van der Waals surface area contributed by atoms with E-state index in [4.69, 9.17) is 16.0 Å². The molecule has 2 heterocycles. The van der Waals surface area contributed by atoms with Crippen molar-refractivity contribution in [2.24, 2.45) is 11.8 Å². The van der Waals surface area contributed by atoms with Gasteiger partial charge in [0.05, 0.1) is 5.92 Å². The van der Waals surface area contributed by atoms with E-state index in [0.717, 1.165) is 39.1 Å². The third-order valence-electron chi connectivity index (χ3n) is 3.11. The molecule has 0 aliphatic carbocycles. The molecule has 0 atom stereocenters. The molecular formula is C9H17N3O2. The predicted molar refractivity (Wildman–Crippen MR) is 51.9 cm³/mol. The standard InChI is InChI=1S/C9H17N3O2/c10-9(14-11)7-5-12(6-7)8-1-3-13-4-2-8/h7-8,10H,1-6,11H2. The lowest BCUT2D eigenvalue weighted by atomic mass is 9.94. The lowest BCUT2D eigenvalue weighted by molar-refractivity contribution is -0.00536. The van der Waals surface area contributed by atoms with Crippen LogP contribution < -0.4 is 5.90 Å². The fraction of sp³-hybridized carbons (Fsp3) is 0.889. The molecule has 0 saturated carbocycles. The quantitative estimate of drug-likeness (QED) is 0.372. The Morgan fingerprint density at radius 1 is 1.36 bits per heavy atom. The van der Waals surface area contributed by atoms with Crippen molar-refractivity contribution in [2.75, 3.05) is 26.3 Å². The SMILES string of the molecule is N=C(ON)C1CN(C2CCOCC2)C1. The molecular weight excluding hydrogens is 182 g/mol. The molecule has 5 heteroatoms. The van der Waals surface area contributed by atoms with Crippen LogP contribution in [-0.2, 0) is 9.57 Å². The largest absolute Gasteiger partial charge is 0.396 e. The number of nitrogens with one attached hydrogen (secondary N) is 1. The molecule has 0 aromatic heterocycles. The molecule has 2 aliphatic rings. The third-order valence-corrected chi connectivity index (χ3v) is 3.11. The molecule has 2 aliphatic heterocycles. The Hall–Kier alpha value is -0.650. The minimum absolute atomic E-state index is 0.211. The second-order valence-electron chi connectivity index (χ2n) is 3.98. The first-order chi connectivity index (χ1) is 6.81. The van der Waals surface area contributed by atoms with Crippen LogP contribution in [0.3, 0.4) is 0 Å². The lowest BCUT2D eigenvalue weighted by Gasteiger charge is -2.44. The molecule has 0 spiro atoms. The van der Waals surface area contributed by atoms with Crippen LogP contribution in [0.5, 0.6) is 0 Å². The smallest absolute Gasteiger partial charge is 0.211 e. The Bertz CT molecular complexity index is 210. The summed E-state index contributed by atoms with van der Waals surface area (Å²) in [7, 11) is 0. The Labute approximate surface area is 83.6 Å². The molecule has 14 heavy (non-hydrogen) atoms. The van der Waals surface area contributed by atoms with Gasteiger partial charge in [-0.15, -0.1) is 0 Å². The third kappa shape index (κ3) is 1.89. The van der Waals surface area contributed by atoms with Crippen LogP contribution in [0.25, 0.3) is 0 Å². The van der Waals surface area contributed by atoms with Crippen molar-refractivity contribution in [3.8, 4) is 0 Å². The van der Waals surface area contributed by atoms with Crippen LogP contribution in [0, 0.1) is 11.3 Å². The second kappa shape index (κ2) is 4.25. The van der Waals surface area contributed by atoms with Crippen LogP contribution in [-0.4, -0.2) is 43.1 Å². The van der Waals surface area contributed by atoms with Gasteiger partial charge >= 0.3 is 0 Å². The topological polar surface area (TPSA) is 71.6 Å². The van der Waals surface area contributed by atoms with Crippen LogP contribution in [0.4, 0.5) is 0 Å². The van der Waals surface area contributed by atoms with Crippen molar-refractivity contribution < 1.29 is 9.57 Å². The molecule has 0 unspecified atom stereocenters. The van der Waals surface area contributed by atoms with Gasteiger partial charge < -0.3 is 9.57 Å². The molecule has 2 rings (SSSR count). The van der Waals surface area contributed by atoms with Gasteiger partial charge in [-0.1, -0.05) is 0 Å². The van der Waals surface area contributed by atoms with E-state index in [2.05, 4.69) is 9.74 Å². The van der Waals surface area contributed by atoms with Crippen LogP contribution in [0.1, 0.15) is 12.8 Å². The number of nitrogens with two attached hydrogens (primary N) is 1. The summed E-state index contributed by atoms with van der Waals surface area (Å²) in [6.45, 7) is 3.58. The maximum absolute atomic E-state index is 7.40. The van der Waals surface area contributed by atoms with Crippen molar-refractivity contribution in [3.63, 3.8) is 0 Å². The average Bonchev–Trinajstić information content (AvgIpc) is 2.17. The van der Waals surface area contributed by atoms with Gasteiger partial charge in [-0.25, -0.2) is 0 Å². The molecule has 0 aromatic carbocycles. The van der Waals surface area contributed by atoms with Gasteiger partial charge in [-0.2, -0.15) is 5.90 Å². The molecule has 5 nitrogen and oxygen atoms in total. The number of rotatable bonds is 2. The fourth-order valence-corrected chi connectivity index (χ4v) is 2.12. The van der Waals surface area contributed by atoms with Crippen molar-refractivity contribution in [2.45, 2.75) is 18.9 Å². The Morgan fingerprint density at radius 3 is 2.57 bits per heavy atom. The number of ether oxygens (including phenoxy) is 1. The first kappa shape index (κ1) is 9.89. The minimum atomic E-state index is 0.211. The van der Waals surface area contributed by atoms with Crippen molar-refractivity contribution in [1.82, 2.24) is 4.90 Å². The summed E-state index contributed by atoms with van der Waals surface area (Å²) >= 11 is 0. The highest BCUT2D eigenvalue weighted by Gasteiger charge is 2.36. The number of nitrogens with zero attached hydrogens (tertiary/aromatic N) is 1. The van der Waals surface area contributed by atoms with Crippen molar-refractivity contribution in [3.05, 3.63) is 0 Å². The monoisotopic (exact) mass is 199 g/mol. The van der Waals surface area contributed by atoms with E-state index in [9.17, 15) is 0 Å². The predicted octanol–water partition coefficient (Wildman–Crippen LogP) is -0.0352. The normalized spacial score (nSPS) is 25.8. The van der Waals surface area contributed by atoms with E-state index >= 15 is 0 Å². The summed E-state index contributed by atoms with van der Waals surface area (Å²) in [5.41, 5.74) is 0. The Kier molecular flexibility index (Phi) is 3.00. The minimum Gasteiger partial charge on any atom is -0.396 e. The first-order valence-electron chi connectivity index (χ1n) is 5.08. The molecule has 80 valence electrons. The fourth-order valence-electron chi connectivity index (χ4n) is 2.12. The van der Waals surface area contributed by atoms with E-state index in [0.29, 0.717) is 6.04 Å². The molecule has 0 radical (unpaired) electrons. The highest BCUT2D eigenvalue weighted by atomic mass is 16.6. The number of likely N-dealkylation sites (tertiary alicyclic amines) is 1. The van der Waals surface area contributed by atoms with E-state index in [1.807, 2.05) is 0 Å². The zero-order chi connectivity index (χ0) is 9.97. The summed E-state index contributed by atoms with van der Waals surface area (Å²) in [6, 6.07) is 0.644. The summed E-state index contributed by atoms with van der Waals surface area (Å²) in [4.78, 5) is 6.81. The zero-order valence-corrected chi connectivity index (χ0v) is 8.24. The maximum Gasteiger partial charge on any atom is 0.211 e. The van der Waals surface area contributed by atoms with E-state index < -0.39 is 0 Å². The summed E-state index contributed by atoms with van der Waals surface area (Å²) in [6.07, 6.45) is 2.23. The van der Waals surface area contributed by atoms with Gasteiger partial charge in [-0.3, -0.25) is 10.3 Å². The molecule has 0 aromatic rings. The zero-order valence-electron chi connectivity index (χ0n) is 8.24. The van der Waals surface area contributed by atoms with Crippen molar-refractivity contribution in [1.29, 1.82) is 5.41 Å². The summed E-state index contributed by atoms with van der Waals surface area (Å²) < 4.78 is 5.30. The van der Waals surface area contributed by atoms with Gasteiger partial charge in [-0.05, 0) is 12.8 Å². The van der Waals surface area contributed by atoms with Crippen LogP contribution in [0.15, 0.2) is 0 Å². The lowest BCUT2D eigenvalue weighted by Crippen LogP contribution is -2.56. The van der Waals surface area contributed by atoms with Crippen LogP contribution >= 0.6 is 0 Å². The average molecular weight is 199 g/mol. The summed E-state index contributed by atoms with van der Waals surface area (Å²) in [5, 5.41) is 7.40. The number of hydrogen-bond donors (Lipinski definition) is 2. The highest BCUT2D eigenvalue weighted by molar-refractivity contribution is 5.76. The molecule has 0 amide bonds. The Balaban J connectivity index is 1.73. The molecule has 3 N–H and O–H groups in total. The van der Waals surface area contributed by atoms with Gasteiger partial charge in [0.15, 0.2) is 0 Å².